The maximum absolute atomic E-state index is 13.6. The Labute approximate surface area is 185 Å². The van der Waals surface area contributed by atoms with Crippen molar-refractivity contribution in [2.24, 2.45) is 0 Å². The van der Waals surface area contributed by atoms with Gasteiger partial charge in [0.2, 0.25) is 0 Å². The summed E-state index contributed by atoms with van der Waals surface area (Å²) in [6.45, 7) is 4.33. The molecule has 0 aromatic heterocycles. The molecule has 32 heavy (non-hydrogen) atoms. The topological polar surface area (TPSA) is 32.8 Å². The Morgan fingerprint density at radius 1 is 0.938 bits per heavy atom. The van der Waals surface area contributed by atoms with Crippen molar-refractivity contribution in [2.75, 3.05) is 39.4 Å². The number of alkyl halides is 3. The third-order valence-corrected chi connectivity index (χ3v) is 5.75. The van der Waals surface area contributed by atoms with Crippen LogP contribution in [0.4, 0.5) is 13.2 Å². The normalized spacial score (nSPS) is 15.1. The highest BCUT2D eigenvalue weighted by Crippen LogP contribution is 2.29. The van der Waals surface area contributed by atoms with E-state index in [0.29, 0.717) is 37.4 Å². The van der Waals surface area contributed by atoms with Crippen molar-refractivity contribution in [1.29, 1.82) is 0 Å². The molecule has 4 nitrogen and oxygen atoms in total. The fraction of sp³-hybridized carbons (Fsp3) is 0.320. The van der Waals surface area contributed by atoms with Gasteiger partial charge in [-0.1, -0.05) is 48.5 Å². The number of rotatable bonds is 6. The minimum Gasteiger partial charge on any atom is -0.379 e. The van der Waals surface area contributed by atoms with Gasteiger partial charge in [0, 0.05) is 38.3 Å². The molecule has 3 aromatic rings. The van der Waals surface area contributed by atoms with Crippen molar-refractivity contribution in [3.05, 3.63) is 83.4 Å². The molecule has 0 saturated carbocycles. The number of fused-ring (bicyclic) bond motifs is 1. The number of halogens is 3. The maximum Gasteiger partial charge on any atom is 0.416 e. The van der Waals surface area contributed by atoms with E-state index in [-0.39, 0.29) is 12.5 Å². The number of benzene rings is 3. The molecular formula is C25H25F3N2O2. The lowest BCUT2D eigenvalue weighted by Gasteiger charge is -2.30. The Morgan fingerprint density at radius 3 is 2.34 bits per heavy atom. The molecule has 7 heteroatoms. The monoisotopic (exact) mass is 442 g/mol. The predicted molar refractivity (Wildman–Crippen MR) is 117 cm³/mol. The second-order valence-corrected chi connectivity index (χ2v) is 7.90. The summed E-state index contributed by atoms with van der Waals surface area (Å²) in [7, 11) is 0. The molecule has 0 radical (unpaired) electrons. The molecule has 1 aliphatic heterocycles. The van der Waals surface area contributed by atoms with Crippen LogP contribution in [0.5, 0.6) is 0 Å². The Bertz CT molecular complexity index is 1060. The Balaban J connectivity index is 1.58. The zero-order valence-corrected chi connectivity index (χ0v) is 17.6. The van der Waals surface area contributed by atoms with Crippen LogP contribution in [-0.4, -0.2) is 55.1 Å². The molecule has 1 amide bonds. The molecule has 0 unspecified atom stereocenters. The van der Waals surface area contributed by atoms with E-state index in [2.05, 4.69) is 4.90 Å². The zero-order valence-electron chi connectivity index (χ0n) is 17.6. The lowest BCUT2D eigenvalue weighted by Crippen LogP contribution is -2.43. The highest BCUT2D eigenvalue weighted by atomic mass is 19.4. The highest BCUT2D eigenvalue weighted by Gasteiger charge is 2.30. The molecule has 1 fully saturated rings. The first-order chi connectivity index (χ1) is 15.4. The summed E-state index contributed by atoms with van der Waals surface area (Å²) in [6, 6.07) is 18.3. The quantitative estimate of drug-likeness (QED) is 0.548. The molecule has 168 valence electrons. The molecule has 1 heterocycles. The van der Waals surface area contributed by atoms with E-state index in [4.69, 9.17) is 4.74 Å². The molecule has 1 saturated heterocycles. The van der Waals surface area contributed by atoms with E-state index in [1.165, 1.54) is 12.1 Å². The number of hydrogen-bond acceptors (Lipinski definition) is 3. The van der Waals surface area contributed by atoms with Crippen LogP contribution in [0.2, 0.25) is 0 Å². The van der Waals surface area contributed by atoms with Crippen LogP contribution in [0.15, 0.2) is 66.7 Å². The van der Waals surface area contributed by atoms with Crippen molar-refractivity contribution >= 4 is 16.7 Å². The first kappa shape index (κ1) is 22.3. The van der Waals surface area contributed by atoms with E-state index in [9.17, 15) is 18.0 Å². The molecule has 0 N–H and O–H groups in total. The number of ether oxygens (including phenoxy) is 1. The van der Waals surface area contributed by atoms with Crippen LogP contribution >= 0.6 is 0 Å². The van der Waals surface area contributed by atoms with E-state index in [1.807, 2.05) is 36.4 Å². The molecule has 3 aromatic carbocycles. The Hall–Kier alpha value is -2.90. The van der Waals surface area contributed by atoms with E-state index in [1.54, 1.807) is 11.0 Å². The molecule has 1 aliphatic rings. The van der Waals surface area contributed by atoms with Crippen LogP contribution in [0.25, 0.3) is 10.8 Å². The summed E-state index contributed by atoms with van der Waals surface area (Å²) in [5.74, 6) is -0.130. The predicted octanol–water partition coefficient (Wildman–Crippen LogP) is 4.83. The standard InChI is InChI=1S/C25H25F3N2O2/c26-25(27,28)21-10-8-19(9-11-21)18-30(13-12-29-14-16-32-17-15-29)24(31)23-7-3-5-20-4-1-2-6-22(20)23/h1-11H,12-18H2. The van der Waals surface area contributed by atoms with Gasteiger partial charge < -0.3 is 9.64 Å². The highest BCUT2D eigenvalue weighted by molar-refractivity contribution is 6.07. The number of carbonyl (C=O) groups excluding carboxylic acids is 1. The Kier molecular flexibility index (Phi) is 6.77. The summed E-state index contributed by atoms with van der Waals surface area (Å²) in [5, 5.41) is 1.84. The third kappa shape index (κ3) is 5.29. The van der Waals surface area contributed by atoms with Crippen LogP contribution in [0, 0.1) is 0 Å². The van der Waals surface area contributed by atoms with Gasteiger partial charge >= 0.3 is 6.18 Å². The smallest absolute Gasteiger partial charge is 0.379 e. The van der Waals surface area contributed by atoms with Crippen molar-refractivity contribution in [3.63, 3.8) is 0 Å². The minimum atomic E-state index is -4.38. The van der Waals surface area contributed by atoms with Crippen molar-refractivity contribution < 1.29 is 22.7 Å². The van der Waals surface area contributed by atoms with Gasteiger partial charge in [0.25, 0.3) is 5.91 Å². The average Bonchev–Trinajstić information content (AvgIpc) is 2.81. The second kappa shape index (κ2) is 9.71. The summed E-state index contributed by atoms with van der Waals surface area (Å²) in [4.78, 5) is 17.5. The van der Waals surface area contributed by atoms with Gasteiger partial charge in [-0.2, -0.15) is 13.2 Å². The lowest BCUT2D eigenvalue weighted by molar-refractivity contribution is -0.137. The molecule has 0 spiro atoms. The van der Waals surface area contributed by atoms with E-state index >= 15 is 0 Å². The van der Waals surface area contributed by atoms with Crippen LogP contribution in [0.3, 0.4) is 0 Å². The van der Waals surface area contributed by atoms with Gasteiger partial charge in [-0.3, -0.25) is 9.69 Å². The number of hydrogen-bond donors (Lipinski definition) is 0. The number of nitrogens with zero attached hydrogens (tertiary/aromatic N) is 2. The molecule has 0 atom stereocenters. The third-order valence-electron chi connectivity index (χ3n) is 5.75. The van der Waals surface area contributed by atoms with Gasteiger partial charge in [0.1, 0.15) is 0 Å². The summed E-state index contributed by atoms with van der Waals surface area (Å²) in [6.07, 6.45) is -4.38. The van der Waals surface area contributed by atoms with Crippen molar-refractivity contribution in [1.82, 2.24) is 9.80 Å². The molecule has 0 aliphatic carbocycles. The molecule has 0 bridgehead atoms. The van der Waals surface area contributed by atoms with Crippen molar-refractivity contribution in [3.8, 4) is 0 Å². The average molecular weight is 442 g/mol. The Morgan fingerprint density at radius 2 is 1.62 bits per heavy atom. The fourth-order valence-corrected chi connectivity index (χ4v) is 3.94. The van der Waals surface area contributed by atoms with Crippen LogP contribution in [-0.2, 0) is 17.5 Å². The van der Waals surface area contributed by atoms with Gasteiger partial charge in [0.15, 0.2) is 0 Å². The van der Waals surface area contributed by atoms with Crippen LogP contribution < -0.4 is 0 Å². The van der Waals surface area contributed by atoms with Gasteiger partial charge in [0.05, 0.1) is 18.8 Å². The summed E-state index contributed by atoms with van der Waals surface area (Å²) < 4.78 is 44.2. The van der Waals surface area contributed by atoms with E-state index in [0.717, 1.165) is 36.0 Å². The summed E-state index contributed by atoms with van der Waals surface area (Å²) >= 11 is 0. The fourth-order valence-electron chi connectivity index (χ4n) is 3.94. The number of carbonyl (C=O) groups is 1. The van der Waals surface area contributed by atoms with Gasteiger partial charge in [-0.05, 0) is 34.5 Å². The van der Waals surface area contributed by atoms with Gasteiger partial charge in [-0.15, -0.1) is 0 Å². The number of amides is 1. The first-order valence-corrected chi connectivity index (χ1v) is 10.6. The maximum atomic E-state index is 13.6. The SMILES string of the molecule is O=C(c1cccc2ccccc12)N(CCN1CCOCC1)Cc1ccc(C(F)(F)F)cc1. The second-order valence-electron chi connectivity index (χ2n) is 7.90. The zero-order chi connectivity index (χ0) is 22.6. The lowest BCUT2D eigenvalue weighted by atomic mass is 10.0. The minimum absolute atomic E-state index is 0.130. The largest absolute Gasteiger partial charge is 0.416 e. The molecule has 4 rings (SSSR count). The summed E-state index contributed by atoms with van der Waals surface area (Å²) in [5.41, 5.74) is 0.562. The van der Waals surface area contributed by atoms with Crippen molar-refractivity contribution in [2.45, 2.75) is 12.7 Å². The first-order valence-electron chi connectivity index (χ1n) is 10.6. The molecular weight excluding hydrogens is 417 g/mol. The van der Waals surface area contributed by atoms with Crippen LogP contribution in [0.1, 0.15) is 21.5 Å². The van der Waals surface area contributed by atoms with E-state index < -0.39 is 11.7 Å². The van der Waals surface area contributed by atoms with Gasteiger partial charge in [-0.25, -0.2) is 0 Å². The number of morpholine rings is 1.